The van der Waals surface area contributed by atoms with Crippen LogP contribution in [0.1, 0.15) is 0 Å². The minimum Gasteiger partial charge on any atom is -0.456 e. The fourth-order valence-corrected chi connectivity index (χ4v) is 8.39. The van der Waals surface area contributed by atoms with E-state index in [4.69, 9.17) is 32.1 Å². The summed E-state index contributed by atoms with van der Waals surface area (Å²) >= 11 is 0. The lowest BCUT2D eigenvalue weighted by Gasteiger charge is -2.21. The van der Waals surface area contributed by atoms with Crippen LogP contribution in [0, 0.1) is 0 Å². The Labute approximate surface area is 333 Å². The molecule has 0 fully saturated rings. The number of fused-ring (bicyclic) bond motifs is 11. The zero-order valence-corrected chi connectivity index (χ0v) is 31.0. The summed E-state index contributed by atoms with van der Waals surface area (Å²) in [5.74, 6) is 2.43. The highest BCUT2D eigenvalue weighted by Crippen LogP contribution is 2.44. The van der Waals surface area contributed by atoms with Crippen LogP contribution in [0.15, 0.2) is 192 Å². The van der Waals surface area contributed by atoms with Crippen molar-refractivity contribution in [3.63, 3.8) is 0 Å². The molecule has 13 aromatic rings. The third-order valence-corrected chi connectivity index (χ3v) is 11.2. The Balaban J connectivity index is 0.959. The van der Waals surface area contributed by atoms with Gasteiger partial charge in [0.05, 0.1) is 11.4 Å². The van der Waals surface area contributed by atoms with Crippen molar-refractivity contribution in [1.82, 2.24) is 9.97 Å². The molecule has 0 bridgehead atoms. The molecule has 0 unspecified atom stereocenters. The average molecular weight is 765 g/mol. The van der Waals surface area contributed by atoms with Crippen molar-refractivity contribution in [2.75, 3.05) is 9.80 Å². The molecule has 0 aliphatic rings. The summed E-state index contributed by atoms with van der Waals surface area (Å²) in [5.41, 5.74) is 7.47. The molecule has 0 N–H and O–H groups in total. The SMILES string of the molecule is c1ccc2oc(N(c3ccc4c(c3)oc3ccccc34)c3cc4oc5nc(N(c6ccc7c(c6)oc6ccccc67)c6cc7ccccc7o6)ccc5c4cn3)cc2c1. The Morgan fingerprint density at radius 3 is 1.42 bits per heavy atom. The van der Waals surface area contributed by atoms with Gasteiger partial charge in [-0.15, -0.1) is 0 Å². The van der Waals surface area contributed by atoms with Gasteiger partial charge >= 0.3 is 0 Å². The largest absolute Gasteiger partial charge is 0.456 e. The summed E-state index contributed by atoms with van der Waals surface area (Å²) in [6.07, 6.45) is 1.83. The lowest BCUT2D eigenvalue weighted by molar-refractivity contribution is 0.618. The van der Waals surface area contributed by atoms with E-state index < -0.39 is 0 Å². The van der Waals surface area contributed by atoms with Gasteiger partial charge in [0, 0.05) is 79.6 Å². The van der Waals surface area contributed by atoms with Crippen LogP contribution in [0.3, 0.4) is 0 Å². The van der Waals surface area contributed by atoms with Gasteiger partial charge in [-0.3, -0.25) is 9.80 Å². The van der Waals surface area contributed by atoms with Gasteiger partial charge < -0.3 is 22.1 Å². The number of aromatic nitrogens is 2. The molecule has 0 radical (unpaired) electrons. The number of hydrogen-bond acceptors (Lipinski definition) is 9. The number of nitrogens with zero attached hydrogens (tertiary/aromatic N) is 4. The van der Waals surface area contributed by atoms with Crippen molar-refractivity contribution < 1.29 is 22.1 Å². The van der Waals surface area contributed by atoms with Crippen LogP contribution >= 0.6 is 0 Å². The lowest BCUT2D eigenvalue weighted by atomic mass is 10.1. The molecular formula is C50H28N4O5. The fourth-order valence-electron chi connectivity index (χ4n) is 8.39. The van der Waals surface area contributed by atoms with Gasteiger partial charge in [0.25, 0.3) is 0 Å². The Bertz CT molecular complexity index is 3480. The summed E-state index contributed by atoms with van der Waals surface area (Å²) in [5, 5.41) is 7.82. The highest BCUT2D eigenvalue weighted by molar-refractivity contribution is 6.08. The Hall–Kier alpha value is -8.30. The van der Waals surface area contributed by atoms with Crippen molar-refractivity contribution >= 4 is 123 Å². The molecule has 59 heavy (non-hydrogen) atoms. The lowest BCUT2D eigenvalue weighted by Crippen LogP contribution is -2.10. The molecule has 0 spiro atoms. The average Bonchev–Trinajstić information content (AvgIpc) is 4.10. The Morgan fingerprint density at radius 2 is 0.831 bits per heavy atom. The second kappa shape index (κ2) is 12.1. The third-order valence-electron chi connectivity index (χ3n) is 11.2. The molecule has 9 nitrogen and oxygen atoms in total. The monoisotopic (exact) mass is 764 g/mol. The van der Waals surface area contributed by atoms with Crippen LogP contribution in [0.25, 0.3) is 87.9 Å². The van der Waals surface area contributed by atoms with Gasteiger partial charge in [0.2, 0.25) is 17.5 Å². The predicted molar refractivity (Wildman–Crippen MR) is 233 cm³/mol. The first-order chi connectivity index (χ1) is 29.2. The number of furan rings is 5. The quantitative estimate of drug-likeness (QED) is 0.164. The second-order valence-corrected chi connectivity index (χ2v) is 14.6. The smallest absolute Gasteiger partial charge is 0.229 e. The van der Waals surface area contributed by atoms with Crippen LogP contribution in [0.2, 0.25) is 0 Å². The molecule has 13 rings (SSSR count). The molecule has 7 aromatic heterocycles. The summed E-state index contributed by atoms with van der Waals surface area (Å²) in [6.45, 7) is 0. The van der Waals surface area contributed by atoms with Gasteiger partial charge in [0.15, 0.2) is 0 Å². The molecule has 0 saturated carbocycles. The maximum Gasteiger partial charge on any atom is 0.229 e. The predicted octanol–water partition coefficient (Wildman–Crippen LogP) is 14.6. The zero-order valence-electron chi connectivity index (χ0n) is 31.0. The highest BCUT2D eigenvalue weighted by atomic mass is 16.4. The van der Waals surface area contributed by atoms with Crippen molar-refractivity contribution in [1.29, 1.82) is 0 Å². The van der Waals surface area contributed by atoms with Crippen LogP contribution < -0.4 is 9.80 Å². The molecule has 0 saturated heterocycles. The molecule has 7 heterocycles. The maximum absolute atomic E-state index is 6.61. The van der Waals surface area contributed by atoms with Gasteiger partial charge in [0.1, 0.15) is 50.7 Å². The summed E-state index contributed by atoms with van der Waals surface area (Å²) in [6, 6.07) is 54.3. The van der Waals surface area contributed by atoms with Gasteiger partial charge in [-0.25, -0.2) is 4.98 Å². The van der Waals surface area contributed by atoms with Crippen molar-refractivity contribution in [3.05, 3.63) is 170 Å². The molecule has 0 aliphatic heterocycles. The number of para-hydroxylation sites is 4. The molecule has 6 aromatic carbocycles. The van der Waals surface area contributed by atoms with Crippen LogP contribution in [0.5, 0.6) is 0 Å². The first-order valence-corrected chi connectivity index (χ1v) is 19.3. The van der Waals surface area contributed by atoms with Crippen LogP contribution in [-0.2, 0) is 0 Å². The normalized spacial score (nSPS) is 12.1. The van der Waals surface area contributed by atoms with Crippen LogP contribution in [-0.4, -0.2) is 9.97 Å². The number of anilines is 6. The van der Waals surface area contributed by atoms with Crippen molar-refractivity contribution in [2.24, 2.45) is 0 Å². The topological polar surface area (TPSA) is 98.0 Å². The van der Waals surface area contributed by atoms with Gasteiger partial charge in [-0.1, -0.05) is 72.8 Å². The number of hydrogen-bond donors (Lipinski definition) is 0. The van der Waals surface area contributed by atoms with E-state index in [0.717, 1.165) is 88.0 Å². The van der Waals surface area contributed by atoms with E-state index in [-0.39, 0.29) is 0 Å². The Kier molecular flexibility index (Phi) is 6.53. The van der Waals surface area contributed by atoms with Gasteiger partial charge in [-0.05, 0) is 60.7 Å². The van der Waals surface area contributed by atoms with E-state index in [9.17, 15) is 0 Å². The maximum atomic E-state index is 6.61. The number of pyridine rings is 2. The van der Waals surface area contributed by atoms with Crippen molar-refractivity contribution in [2.45, 2.75) is 0 Å². The molecule has 278 valence electrons. The highest BCUT2D eigenvalue weighted by Gasteiger charge is 2.24. The van der Waals surface area contributed by atoms with Crippen molar-refractivity contribution in [3.8, 4) is 0 Å². The van der Waals surface area contributed by atoms with E-state index in [0.29, 0.717) is 34.7 Å². The molecule has 0 atom stereocenters. The minimum absolute atomic E-state index is 0.460. The Morgan fingerprint density at radius 1 is 0.339 bits per heavy atom. The number of rotatable bonds is 6. The van der Waals surface area contributed by atoms with Gasteiger partial charge in [-0.2, -0.15) is 4.98 Å². The van der Waals surface area contributed by atoms with E-state index >= 15 is 0 Å². The first-order valence-electron chi connectivity index (χ1n) is 19.3. The molecular weight excluding hydrogens is 737 g/mol. The zero-order chi connectivity index (χ0) is 38.6. The minimum atomic E-state index is 0.460. The molecule has 0 aliphatic carbocycles. The van der Waals surface area contributed by atoms with E-state index in [1.54, 1.807) is 0 Å². The summed E-state index contributed by atoms with van der Waals surface area (Å²) < 4.78 is 32.2. The second-order valence-electron chi connectivity index (χ2n) is 14.6. The standard InChI is InChI=1S/C50H28N4O5/c1-5-13-39-29(9-1)23-48(57-39)53(31-17-19-35-33-11-3-7-15-41(33)55-43(35)25-31)46-22-21-37-38-28-51-47(27-45(38)59-50(37)52-46)54(49-24-30-10-2-6-14-40(30)58-49)32-18-20-36-34-12-4-8-16-42(34)56-44(36)26-32/h1-28H. The summed E-state index contributed by atoms with van der Waals surface area (Å²) in [4.78, 5) is 14.1. The summed E-state index contributed by atoms with van der Waals surface area (Å²) in [7, 11) is 0. The third kappa shape index (κ3) is 4.91. The van der Waals surface area contributed by atoms with E-state index in [2.05, 4.69) is 36.4 Å². The first kappa shape index (κ1) is 31.9. The fraction of sp³-hybridized carbons (Fsp3) is 0. The molecule has 0 amide bonds. The number of benzene rings is 6. The molecule has 9 heteroatoms. The van der Waals surface area contributed by atoms with E-state index in [1.807, 2.05) is 143 Å². The van der Waals surface area contributed by atoms with Crippen LogP contribution in [0.4, 0.5) is 34.8 Å². The van der Waals surface area contributed by atoms with E-state index in [1.165, 1.54) is 0 Å².